The van der Waals surface area contributed by atoms with Crippen molar-refractivity contribution in [2.75, 3.05) is 25.2 Å². The van der Waals surface area contributed by atoms with E-state index in [-0.39, 0.29) is 16.8 Å². The zero-order valence-electron chi connectivity index (χ0n) is 18.3. The monoisotopic (exact) mass is 458 g/mol. The smallest absolute Gasteiger partial charge is 0.241 e. The van der Waals surface area contributed by atoms with Crippen LogP contribution in [0.5, 0.6) is 11.5 Å². The van der Waals surface area contributed by atoms with Gasteiger partial charge in [0.25, 0.3) is 0 Å². The number of carbonyl (C=O) groups is 1. The van der Waals surface area contributed by atoms with E-state index in [0.29, 0.717) is 42.8 Å². The van der Waals surface area contributed by atoms with Gasteiger partial charge in [0.2, 0.25) is 15.9 Å². The molecule has 2 rings (SSSR count). The third kappa shape index (κ3) is 7.67. The van der Waals surface area contributed by atoms with E-state index in [0.717, 1.165) is 19.3 Å². The number of nitrogens with one attached hydrogen (secondary N) is 2. The van der Waals surface area contributed by atoms with E-state index in [1.807, 2.05) is 13.2 Å². The lowest BCUT2D eigenvalue weighted by Crippen LogP contribution is -2.49. The van der Waals surface area contributed by atoms with Crippen LogP contribution in [-0.2, 0) is 14.8 Å². The van der Waals surface area contributed by atoms with Crippen molar-refractivity contribution in [2.45, 2.75) is 63.4 Å². The first kappa shape index (κ1) is 24.8. The zero-order chi connectivity index (χ0) is 22.1. The maximum Gasteiger partial charge on any atom is 0.241 e. The van der Waals surface area contributed by atoms with Crippen molar-refractivity contribution in [3.8, 4) is 11.5 Å². The van der Waals surface area contributed by atoms with Gasteiger partial charge in [-0.2, -0.15) is 16.5 Å². The topological polar surface area (TPSA) is 93.7 Å². The van der Waals surface area contributed by atoms with E-state index in [9.17, 15) is 13.2 Å². The molecule has 1 aromatic rings. The highest BCUT2D eigenvalue weighted by Gasteiger charge is 2.27. The Morgan fingerprint density at radius 1 is 1.10 bits per heavy atom. The fourth-order valence-corrected chi connectivity index (χ4v) is 4.89. The Hall–Kier alpha value is -1.45. The van der Waals surface area contributed by atoms with E-state index in [1.54, 1.807) is 17.8 Å². The number of ether oxygens (including phenoxy) is 2. The Bertz CT molecular complexity index is 799. The first-order valence-corrected chi connectivity index (χ1v) is 13.3. The number of thioether (sulfide) groups is 1. The molecule has 1 amide bonds. The van der Waals surface area contributed by atoms with Gasteiger partial charge in [-0.05, 0) is 49.8 Å². The van der Waals surface area contributed by atoms with Gasteiger partial charge in [0.05, 0.1) is 4.90 Å². The fourth-order valence-electron chi connectivity index (χ4n) is 3.17. The highest BCUT2D eigenvalue weighted by Crippen LogP contribution is 2.32. The summed E-state index contributed by atoms with van der Waals surface area (Å²) in [5.41, 5.74) is 0. The lowest BCUT2D eigenvalue weighted by atomic mass is 10.0. The number of sulfonamides is 1. The molecule has 1 aromatic carbocycles. The van der Waals surface area contributed by atoms with Crippen molar-refractivity contribution in [3.05, 3.63) is 18.2 Å². The molecule has 2 atom stereocenters. The lowest BCUT2D eigenvalue weighted by molar-refractivity contribution is -0.123. The molecule has 1 aliphatic rings. The van der Waals surface area contributed by atoms with Crippen LogP contribution in [0.25, 0.3) is 0 Å². The van der Waals surface area contributed by atoms with E-state index in [2.05, 4.69) is 23.9 Å². The lowest BCUT2D eigenvalue weighted by Gasteiger charge is -2.22. The van der Waals surface area contributed by atoms with Gasteiger partial charge in [-0.1, -0.05) is 26.7 Å². The van der Waals surface area contributed by atoms with Gasteiger partial charge in [0.1, 0.15) is 19.3 Å². The molecular weight excluding hydrogens is 424 g/mol. The minimum Gasteiger partial charge on any atom is -0.486 e. The largest absolute Gasteiger partial charge is 0.486 e. The van der Waals surface area contributed by atoms with Gasteiger partial charge in [-0.25, -0.2) is 8.42 Å². The number of carbonyl (C=O) groups excluding carboxylic acids is 1. The van der Waals surface area contributed by atoms with E-state index < -0.39 is 16.1 Å². The maximum atomic E-state index is 12.9. The Morgan fingerprint density at radius 2 is 1.80 bits per heavy atom. The Kier molecular flexibility index (Phi) is 9.77. The van der Waals surface area contributed by atoms with E-state index in [1.165, 1.54) is 12.1 Å². The summed E-state index contributed by atoms with van der Waals surface area (Å²) in [5.74, 6) is 1.92. The van der Waals surface area contributed by atoms with Gasteiger partial charge in [-0.3, -0.25) is 4.79 Å². The van der Waals surface area contributed by atoms with Crippen LogP contribution in [0, 0.1) is 5.92 Å². The first-order valence-electron chi connectivity index (χ1n) is 10.4. The standard InChI is InChI=1S/C21H34N2O5S2/c1-15(2)6-5-7-16(3)22-21(24)18(10-13-29-4)23-30(25,26)17-8-9-19-20(14-17)28-12-11-27-19/h8-9,14-16,18,23H,5-7,10-13H2,1-4H3,(H,22,24)/t16-,18+/m0/s1. The molecule has 2 N–H and O–H groups in total. The zero-order valence-corrected chi connectivity index (χ0v) is 19.9. The van der Waals surface area contributed by atoms with Crippen molar-refractivity contribution in [2.24, 2.45) is 5.92 Å². The molecule has 170 valence electrons. The van der Waals surface area contributed by atoms with Crippen molar-refractivity contribution < 1.29 is 22.7 Å². The van der Waals surface area contributed by atoms with Crippen LogP contribution in [0.3, 0.4) is 0 Å². The van der Waals surface area contributed by atoms with Crippen LogP contribution in [0.2, 0.25) is 0 Å². The molecule has 7 nitrogen and oxygen atoms in total. The number of fused-ring (bicyclic) bond motifs is 1. The summed E-state index contributed by atoms with van der Waals surface area (Å²) >= 11 is 1.57. The number of amides is 1. The van der Waals surface area contributed by atoms with Crippen LogP contribution in [-0.4, -0.2) is 51.6 Å². The molecule has 0 spiro atoms. The van der Waals surface area contributed by atoms with Gasteiger partial charge in [0, 0.05) is 12.1 Å². The van der Waals surface area contributed by atoms with Gasteiger partial charge in [0.15, 0.2) is 11.5 Å². The highest BCUT2D eigenvalue weighted by molar-refractivity contribution is 7.98. The molecule has 1 aliphatic heterocycles. The van der Waals surface area contributed by atoms with Crippen molar-refractivity contribution in [1.82, 2.24) is 10.0 Å². The summed E-state index contributed by atoms with van der Waals surface area (Å²) < 4.78 is 39.4. The molecule has 0 unspecified atom stereocenters. The summed E-state index contributed by atoms with van der Waals surface area (Å²) in [4.78, 5) is 12.9. The second kappa shape index (κ2) is 11.8. The quantitative estimate of drug-likeness (QED) is 0.500. The average Bonchev–Trinajstić information content (AvgIpc) is 2.70. The Morgan fingerprint density at radius 3 is 2.47 bits per heavy atom. The predicted octanol–water partition coefficient (Wildman–Crippen LogP) is 3.19. The molecule has 0 aliphatic carbocycles. The molecular formula is C21H34N2O5S2. The average molecular weight is 459 g/mol. The van der Waals surface area contributed by atoms with Crippen molar-refractivity contribution in [1.29, 1.82) is 0 Å². The molecule has 0 bridgehead atoms. The molecule has 0 fully saturated rings. The molecule has 0 radical (unpaired) electrons. The number of hydrogen-bond donors (Lipinski definition) is 2. The molecule has 0 aromatic heterocycles. The summed E-state index contributed by atoms with van der Waals surface area (Å²) in [5, 5.41) is 2.97. The summed E-state index contributed by atoms with van der Waals surface area (Å²) in [6, 6.07) is 3.65. The van der Waals surface area contributed by atoms with E-state index >= 15 is 0 Å². The van der Waals surface area contributed by atoms with Crippen LogP contribution < -0.4 is 19.5 Å². The second-order valence-corrected chi connectivity index (χ2v) is 10.7. The molecule has 0 saturated heterocycles. The minimum absolute atomic E-state index is 0.00757. The third-order valence-corrected chi connectivity index (χ3v) is 6.97. The van der Waals surface area contributed by atoms with Crippen LogP contribution in [0.15, 0.2) is 23.1 Å². The van der Waals surface area contributed by atoms with Gasteiger partial charge >= 0.3 is 0 Å². The van der Waals surface area contributed by atoms with E-state index in [4.69, 9.17) is 9.47 Å². The highest BCUT2D eigenvalue weighted by atomic mass is 32.2. The SMILES string of the molecule is CSCC[C@@H](NS(=O)(=O)c1ccc2c(c1)OCCO2)C(=O)N[C@@H](C)CCCC(C)C. The Labute approximate surface area is 184 Å². The Balaban J connectivity index is 2.05. The summed E-state index contributed by atoms with van der Waals surface area (Å²) in [6.07, 6.45) is 5.34. The first-order chi connectivity index (χ1) is 14.2. The summed E-state index contributed by atoms with van der Waals surface area (Å²) in [6.45, 7) is 7.11. The molecule has 9 heteroatoms. The van der Waals surface area contributed by atoms with Crippen LogP contribution in [0.1, 0.15) is 46.5 Å². The normalized spacial score (nSPS) is 15.6. The van der Waals surface area contributed by atoms with Gasteiger partial charge in [-0.15, -0.1) is 0 Å². The van der Waals surface area contributed by atoms with Crippen LogP contribution in [0.4, 0.5) is 0 Å². The second-order valence-electron chi connectivity index (χ2n) is 8.00. The predicted molar refractivity (Wildman–Crippen MR) is 121 cm³/mol. The molecule has 1 heterocycles. The number of benzene rings is 1. The number of hydrogen-bond acceptors (Lipinski definition) is 6. The van der Waals surface area contributed by atoms with Crippen molar-refractivity contribution >= 4 is 27.7 Å². The summed E-state index contributed by atoms with van der Waals surface area (Å²) in [7, 11) is -3.89. The third-order valence-electron chi connectivity index (χ3n) is 4.86. The fraction of sp³-hybridized carbons (Fsp3) is 0.667. The van der Waals surface area contributed by atoms with Gasteiger partial charge < -0.3 is 14.8 Å². The van der Waals surface area contributed by atoms with Crippen molar-refractivity contribution in [3.63, 3.8) is 0 Å². The molecule has 0 saturated carbocycles. The maximum absolute atomic E-state index is 12.9. The number of rotatable bonds is 12. The molecule has 30 heavy (non-hydrogen) atoms. The minimum atomic E-state index is -3.89. The van der Waals surface area contributed by atoms with Crippen LogP contribution >= 0.6 is 11.8 Å².